The van der Waals surface area contributed by atoms with Crippen LogP contribution in [0, 0.1) is 5.41 Å². The van der Waals surface area contributed by atoms with E-state index in [-0.39, 0.29) is 29.8 Å². The number of halogens is 1. The highest BCUT2D eigenvalue weighted by Crippen LogP contribution is 2.35. The van der Waals surface area contributed by atoms with Gasteiger partial charge in [0.25, 0.3) is 0 Å². The molecule has 2 aromatic carbocycles. The number of benzene rings is 2. The molecule has 0 saturated carbocycles. The number of aliphatic hydroxyl groups excluding tert-OH is 1. The Labute approximate surface area is 175 Å². The molecule has 3 aromatic rings. The Morgan fingerprint density at radius 1 is 1.28 bits per heavy atom. The summed E-state index contributed by atoms with van der Waals surface area (Å²) in [5.74, 6) is -0.250. The van der Waals surface area contributed by atoms with E-state index in [0.717, 1.165) is 10.2 Å². The first-order valence-corrected chi connectivity index (χ1v) is 9.88. The van der Waals surface area contributed by atoms with Gasteiger partial charge in [-0.1, -0.05) is 30.3 Å². The number of thiazole rings is 1. The zero-order valence-electron chi connectivity index (χ0n) is 15.2. The number of hydrogen-bond donors (Lipinski definition) is 2. The van der Waals surface area contributed by atoms with Crippen LogP contribution in [0.25, 0.3) is 15.8 Å². The molecule has 1 aliphatic rings. The Morgan fingerprint density at radius 3 is 2.69 bits per heavy atom. The topological polar surface area (TPSA) is 86.5 Å². The second-order valence-corrected chi connectivity index (χ2v) is 7.95. The van der Waals surface area contributed by atoms with E-state index in [1.807, 2.05) is 24.3 Å². The smallest absolute Gasteiger partial charge is 0.338 e. The van der Waals surface area contributed by atoms with Crippen LogP contribution in [0.1, 0.15) is 15.4 Å². The zero-order chi connectivity index (χ0) is 20.5. The number of nitrogens with zero attached hydrogens (tertiary/aromatic N) is 2. The number of carbonyl (C=O) groups excluding carboxylic acids is 1. The van der Waals surface area contributed by atoms with Crippen molar-refractivity contribution in [3.8, 4) is 0 Å². The molecule has 0 saturated heterocycles. The van der Waals surface area contributed by atoms with Crippen LogP contribution < -0.4 is 4.90 Å². The molecule has 0 bridgehead atoms. The highest BCUT2D eigenvalue weighted by atomic mass is 35.5. The van der Waals surface area contributed by atoms with E-state index in [2.05, 4.69) is 11.6 Å². The van der Waals surface area contributed by atoms with Crippen LogP contribution in [-0.2, 0) is 4.74 Å². The highest BCUT2D eigenvalue weighted by molar-refractivity contribution is 7.19. The summed E-state index contributed by atoms with van der Waals surface area (Å²) in [4.78, 5) is 18.2. The van der Waals surface area contributed by atoms with Crippen molar-refractivity contribution in [2.24, 2.45) is 0 Å². The standard InChI is InChI=1S/C21H16ClN3O3S/c1-12(22)11-28-21(27)13-6-8-14(9-7-13)25-10-16(26)18(19(25)23)20-24-15-4-2-3-5-17(15)29-20/h2-9,23,26H,1,10-11H2. The minimum absolute atomic E-state index is 0.0533. The van der Waals surface area contributed by atoms with Gasteiger partial charge in [-0.15, -0.1) is 11.3 Å². The number of nitrogens with one attached hydrogen (secondary N) is 1. The second-order valence-electron chi connectivity index (χ2n) is 6.38. The maximum Gasteiger partial charge on any atom is 0.338 e. The lowest BCUT2D eigenvalue weighted by molar-refractivity contribution is 0.0546. The molecule has 2 N–H and O–H groups in total. The number of esters is 1. The number of aromatic nitrogens is 1. The van der Waals surface area contributed by atoms with Crippen molar-refractivity contribution in [3.05, 3.63) is 76.5 Å². The Balaban J connectivity index is 1.54. The Hall–Kier alpha value is -3.16. The van der Waals surface area contributed by atoms with Gasteiger partial charge >= 0.3 is 5.97 Å². The lowest BCUT2D eigenvalue weighted by Crippen LogP contribution is -2.26. The first-order valence-electron chi connectivity index (χ1n) is 8.69. The Morgan fingerprint density at radius 2 is 2.00 bits per heavy atom. The number of aliphatic hydroxyl groups is 1. The van der Waals surface area contributed by atoms with Crippen molar-refractivity contribution in [2.75, 3.05) is 18.1 Å². The van der Waals surface area contributed by atoms with E-state index in [1.165, 1.54) is 11.3 Å². The van der Waals surface area contributed by atoms with E-state index in [0.29, 0.717) is 21.8 Å². The SMILES string of the molecule is C=C(Cl)COC(=O)c1ccc(N2CC(O)=C(c3nc4ccccc4s3)C2=N)cc1. The first-order chi connectivity index (χ1) is 13.9. The van der Waals surface area contributed by atoms with Crippen molar-refractivity contribution >= 4 is 56.2 Å². The van der Waals surface area contributed by atoms with Crippen molar-refractivity contribution < 1.29 is 14.6 Å². The molecule has 8 heteroatoms. The van der Waals surface area contributed by atoms with Crippen molar-refractivity contribution in [1.82, 2.24) is 4.98 Å². The van der Waals surface area contributed by atoms with Crippen LogP contribution in [0.4, 0.5) is 5.69 Å². The number of para-hydroxylation sites is 1. The molecule has 0 radical (unpaired) electrons. The Bertz CT molecular complexity index is 1130. The van der Waals surface area contributed by atoms with Gasteiger partial charge in [-0.2, -0.15) is 0 Å². The zero-order valence-corrected chi connectivity index (χ0v) is 16.8. The number of ether oxygens (including phenoxy) is 1. The second kappa shape index (κ2) is 7.69. The minimum Gasteiger partial charge on any atom is -0.510 e. The lowest BCUT2D eigenvalue weighted by atomic mass is 10.2. The molecule has 4 rings (SSSR count). The van der Waals surface area contributed by atoms with Crippen molar-refractivity contribution in [3.63, 3.8) is 0 Å². The van der Waals surface area contributed by atoms with E-state index in [4.69, 9.17) is 21.7 Å². The summed E-state index contributed by atoms with van der Waals surface area (Å²) in [6.45, 7) is 3.59. The molecule has 29 heavy (non-hydrogen) atoms. The number of fused-ring (bicyclic) bond motifs is 1. The summed E-state index contributed by atoms with van der Waals surface area (Å²) in [6, 6.07) is 14.3. The summed E-state index contributed by atoms with van der Waals surface area (Å²) < 4.78 is 6.01. The number of anilines is 1. The predicted octanol–water partition coefficient (Wildman–Crippen LogP) is 4.97. The summed E-state index contributed by atoms with van der Waals surface area (Å²) in [5.41, 5.74) is 2.30. The van der Waals surface area contributed by atoms with Crippen molar-refractivity contribution in [1.29, 1.82) is 5.41 Å². The fourth-order valence-corrected chi connectivity index (χ4v) is 4.10. The third kappa shape index (κ3) is 3.74. The summed E-state index contributed by atoms with van der Waals surface area (Å²) in [7, 11) is 0. The lowest BCUT2D eigenvalue weighted by Gasteiger charge is -2.18. The number of rotatable bonds is 5. The molecular weight excluding hydrogens is 410 g/mol. The molecule has 0 spiro atoms. The fourth-order valence-electron chi connectivity index (χ4n) is 3.01. The third-order valence-corrected chi connectivity index (χ3v) is 5.55. The maximum absolute atomic E-state index is 12.0. The number of hydrogen-bond acceptors (Lipinski definition) is 6. The quantitative estimate of drug-likeness (QED) is 0.563. The van der Waals surface area contributed by atoms with E-state index in [1.54, 1.807) is 29.2 Å². The van der Waals surface area contributed by atoms with Gasteiger partial charge in [0.2, 0.25) is 0 Å². The van der Waals surface area contributed by atoms with E-state index < -0.39 is 5.97 Å². The average molecular weight is 426 g/mol. The van der Waals surface area contributed by atoms with Crippen molar-refractivity contribution in [2.45, 2.75) is 0 Å². The third-order valence-electron chi connectivity index (χ3n) is 4.39. The molecule has 1 aromatic heterocycles. The summed E-state index contributed by atoms with van der Waals surface area (Å²) >= 11 is 7.04. The monoisotopic (exact) mass is 425 g/mol. The molecule has 0 unspecified atom stereocenters. The van der Waals surface area contributed by atoms with Gasteiger partial charge in [0.05, 0.1) is 27.9 Å². The van der Waals surface area contributed by atoms with Gasteiger partial charge in [0.1, 0.15) is 23.2 Å². The molecule has 0 atom stereocenters. The highest BCUT2D eigenvalue weighted by Gasteiger charge is 2.31. The minimum atomic E-state index is -0.508. The van der Waals surface area contributed by atoms with Gasteiger partial charge in [-0.05, 0) is 36.4 Å². The van der Waals surface area contributed by atoms with E-state index in [9.17, 15) is 9.90 Å². The van der Waals surface area contributed by atoms with Crippen LogP contribution in [0.2, 0.25) is 0 Å². The van der Waals surface area contributed by atoms with Crippen LogP contribution in [0.5, 0.6) is 0 Å². The molecule has 2 heterocycles. The molecule has 1 aliphatic heterocycles. The van der Waals surface area contributed by atoms with Gasteiger partial charge in [0, 0.05) is 10.7 Å². The molecule has 0 aliphatic carbocycles. The van der Waals surface area contributed by atoms with Crippen LogP contribution in [0.3, 0.4) is 0 Å². The van der Waals surface area contributed by atoms with Crippen LogP contribution in [0.15, 0.2) is 65.9 Å². The number of carbonyl (C=O) groups is 1. The van der Waals surface area contributed by atoms with Gasteiger partial charge in [-0.3, -0.25) is 5.41 Å². The first kappa shape index (κ1) is 19.2. The van der Waals surface area contributed by atoms with E-state index >= 15 is 0 Å². The molecule has 0 fully saturated rings. The molecular formula is C21H16ClN3O3S. The molecule has 6 nitrogen and oxygen atoms in total. The van der Waals surface area contributed by atoms with Gasteiger partial charge < -0.3 is 14.7 Å². The number of amidine groups is 1. The fraction of sp³-hybridized carbons (Fsp3) is 0.0952. The predicted molar refractivity (Wildman–Crippen MR) is 116 cm³/mol. The molecule has 146 valence electrons. The largest absolute Gasteiger partial charge is 0.510 e. The Kier molecular flexibility index (Phi) is 5.08. The van der Waals surface area contributed by atoms with Crippen LogP contribution in [-0.4, -0.2) is 35.0 Å². The summed E-state index contributed by atoms with van der Waals surface area (Å²) in [6.07, 6.45) is 0. The van der Waals surface area contributed by atoms with Crippen LogP contribution >= 0.6 is 22.9 Å². The average Bonchev–Trinajstić information content (AvgIpc) is 3.26. The van der Waals surface area contributed by atoms with Gasteiger partial charge in [0.15, 0.2) is 0 Å². The normalized spacial score (nSPS) is 14.0. The molecule has 0 amide bonds. The maximum atomic E-state index is 12.0. The summed E-state index contributed by atoms with van der Waals surface area (Å²) in [5, 5.41) is 19.9. The van der Waals surface area contributed by atoms with Gasteiger partial charge in [-0.25, -0.2) is 9.78 Å².